The summed E-state index contributed by atoms with van der Waals surface area (Å²) >= 11 is 0. The van der Waals surface area contributed by atoms with Gasteiger partial charge in [0.2, 0.25) is 0 Å². The molecule has 2 heterocycles. The molecule has 0 bridgehead atoms. The number of fused-ring (bicyclic) bond motifs is 1. The van der Waals surface area contributed by atoms with Crippen LogP contribution in [0.4, 0.5) is 5.69 Å². The average molecular weight is 281 g/mol. The van der Waals surface area contributed by atoms with E-state index in [1.807, 2.05) is 53.3 Å². The summed E-state index contributed by atoms with van der Waals surface area (Å²) < 4.78 is 6.61. The van der Waals surface area contributed by atoms with Crippen LogP contribution in [-0.4, -0.2) is 22.7 Å². The summed E-state index contributed by atoms with van der Waals surface area (Å²) in [5.74, 6) is -0.349. The van der Waals surface area contributed by atoms with Crippen LogP contribution in [-0.2, 0) is 11.3 Å². The molecule has 3 aromatic rings. The van der Waals surface area contributed by atoms with Crippen LogP contribution >= 0.6 is 0 Å². The summed E-state index contributed by atoms with van der Waals surface area (Å²) in [7, 11) is 1.38. The molecular weight excluding hydrogens is 266 g/mol. The molecule has 0 fully saturated rings. The summed E-state index contributed by atoms with van der Waals surface area (Å²) in [4.78, 5) is 11.7. The molecule has 5 nitrogen and oxygen atoms in total. The van der Waals surface area contributed by atoms with Crippen molar-refractivity contribution < 1.29 is 9.53 Å². The molecule has 0 aliphatic heterocycles. The van der Waals surface area contributed by atoms with Crippen molar-refractivity contribution in [3.8, 4) is 0 Å². The normalized spacial score (nSPS) is 10.5. The van der Waals surface area contributed by atoms with Gasteiger partial charge in [0.1, 0.15) is 0 Å². The lowest BCUT2D eigenvalue weighted by molar-refractivity contribution is 0.0602. The van der Waals surface area contributed by atoms with Crippen molar-refractivity contribution in [2.45, 2.75) is 6.54 Å². The van der Waals surface area contributed by atoms with Crippen molar-refractivity contribution in [3.05, 3.63) is 66.0 Å². The number of benzene rings is 1. The second kappa shape index (κ2) is 5.66. The van der Waals surface area contributed by atoms with Gasteiger partial charge in [0.15, 0.2) is 0 Å². The van der Waals surface area contributed by atoms with Crippen LogP contribution in [0.15, 0.2) is 54.9 Å². The van der Waals surface area contributed by atoms with Gasteiger partial charge in [0.05, 0.1) is 24.4 Å². The number of pyridine rings is 1. The first-order valence-corrected chi connectivity index (χ1v) is 6.62. The van der Waals surface area contributed by atoms with Gasteiger partial charge in [0, 0.05) is 24.0 Å². The largest absolute Gasteiger partial charge is 0.465 e. The van der Waals surface area contributed by atoms with Crippen molar-refractivity contribution in [1.82, 2.24) is 9.61 Å². The third-order valence-electron chi connectivity index (χ3n) is 3.31. The van der Waals surface area contributed by atoms with Crippen LogP contribution in [0.1, 0.15) is 15.9 Å². The lowest BCUT2D eigenvalue weighted by atomic mass is 10.1. The van der Waals surface area contributed by atoms with Gasteiger partial charge in [-0.05, 0) is 24.3 Å². The highest BCUT2D eigenvalue weighted by Gasteiger charge is 2.11. The number of aromatic nitrogens is 2. The molecule has 2 aromatic heterocycles. The fourth-order valence-corrected chi connectivity index (χ4v) is 2.24. The van der Waals surface area contributed by atoms with Crippen LogP contribution in [0.25, 0.3) is 5.52 Å². The van der Waals surface area contributed by atoms with E-state index in [0.29, 0.717) is 12.1 Å². The Morgan fingerprint density at radius 1 is 1.24 bits per heavy atom. The van der Waals surface area contributed by atoms with Crippen LogP contribution in [0.3, 0.4) is 0 Å². The Balaban J connectivity index is 1.84. The summed E-state index contributed by atoms with van der Waals surface area (Å²) in [6.07, 6.45) is 3.73. The number of nitrogens with one attached hydrogen (secondary N) is 1. The third-order valence-corrected chi connectivity index (χ3v) is 3.31. The number of carbonyl (C=O) groups is 1. The number of carbonyl (C=O) groups excluding carboxylic acids is 1. The fraction of sp³-hybridized carbons (Fsp3) is 0.125. The maximum Gasteiger partial charge on any atom is 0.339 e. The first kappa shape index (κ1) is 13.2. The van der Waals surface area contributed by atoms with E-state index in [4.69, 9.17) is 4.74 Å². The minimum absolute atomic E-state index is 0.349. The molecule has 1 N–H and O–H groups in total. The number of ether oxygens (including phenoxy) is 1. The predicted molar refractivity (Wildman–Crippen MR) is 80.3 cm³/mol. The standard InChI is InChI=1S/C16H15N3O2/c1-21-16(20)13-6-2-3-7-14(13)17-10-12-11-18-19-9-5-4-8-15(12)19/h2-9,11,17H,10H2,1H3. The summed E-state index contributed by atoms with van der Waals surface area (Å²) in [5.41, 5.74) is 3.38. The molecule has 0 saturated carbocycles. The summed E-state index contributed by atoms with van der Waals surface area (Å²) in [6, 6.07) is 13.2. The Hall–Kier alpha value is -2.82. The minimum Gasteiger partial charge on any atom is -0.465 e. The number of para-hydroxylation sites is 1. The molecule has 0 spiro atoms. The number of hydrogen-bond acceptors (Lipinski definition) is 4. The zero-order valence-corrected chi connectivity index (χ0v) is 11.6. The average Bonchev–Trinajstić information content (AvgIpc) is 2.96. The van der Waals surface area contributed by atoms with Crippen LogP contribution in [0, 0.1) is 0 Å². The fourth-order valence-electron chi connectivity index (χ4n) is 2.24. The number of methoxy groups -OCH3 is 1. The van der Waals surface area contributed by atoms with E-state index in [1.165, 1.54) is 7.11 Å². The zero-order chi connectivity index (χ0) is 14.7. The molecule has 0 radical (unpaired) electrons. The van der Waals surface area contributed by atoms with Gasteiger partial charge in [-0.15, -0.1) is 0 Å². The molecule has 5 heteroatoms. The Morgan fingerprint density at radius 3 is 2.90 bits per heavy atom. The minimum atomic E-state index is -0.349. The first-order valence-electron chi connectivity index (χ1n) is 6.62. The zero-order valence-electron chi connectivity index (χ0n) is 11.6. The van der Waals surface area contributed by atoms with Gasteiger partial charge in [-0.1, -0.05) is 18.2 Å². The van der Waals surface area contributed by atoms with Gasteiger partial charge < -0.3 is 10.1 Å². The van der Waals surface area contributed by atoms with E-state index in [-0.39, 0.29) is 5.97 Å². The highest BCUT2D eigenvalue weighted by atomic mass is 16.5. The van der Waals surface area contributed by atoms with Crippen molar-refractivity contribution in [2.24, 2.45) is 0 Å². The molecular formula is C16H15N3O2. The number of hydrogen-bond donors (Lipinski definition) is 1. The third kappa shape index (κ3) is 2.58. The molecule has 106 valence electrons. The van der Waals surface area contributed by atoms with Crippen molar-refractivity contribution in [1.29, 1.82) is 0 Å². The number of esters is 1. The van der Waals surface area contributed by atoms with Gasteiger partial charge in [-0.3, -0.25) is 0 Å². The molecule has 0 aliphatic carbocycles. The second-order valence-corrected chi connectivity index (χ2v) is 4.59. The quantitative estimate of drug-likeness (QED) is 0.747. The SMILES string of the molecule is COC(=O)c1ccccc1NCc1cnn2ccccc12. The molecule has 0 atom stereocenters. The highest BCUT2D eigenvalue weighted by molar-refractivity contribution is 5.95. The smallest absolute Gasteiger partial charge is 0.339 e. The molecule has 1 aromatic carbocycles. The first-order chi connectivity index (χ1) is 10.3. The van der Waals surface area contributed by atoms with E-state index in [0.717, 1.165) is 16.8 Å². The number of nitrogens with zero attached hydrogens (tertiary/aromatic N) is 2. The topological polar surface area (TPSA) is 55.6 Å². The maximum atomic E-state index is 11.7. The van der Waals surface area contributed by atoms with Crippen LogP contribution in [0.5, 0.6) is 0 Å². The maximum absolute atomic E-state index is 11.7. The van der Waals surface area contributed by atoms with E-state index >= 15 is 0 Å². The Kier molecular flexibility index (Phi) is 3.55. The van der Waals surface area contributed by atoms with E-state index in [2.05, 4.69) is 10.4 Å². The number of anilines is 1. The Morgan fingerprint density at radius 2 is 2.05 bits per heavy atom. The monoisotopic (exact) mass is 281 g/mol. The predicted octanol–water partition coefficient (Wildman–Crippen LogP) is 2.73. The lowest BCUT2D eigenvalue weighted by Gasteiger charge is -2.10. The van der Waals surface area contributed by atoms with Gasteiger partial charge in [-0.2, -0.15) is 5.10 Å². The summed E-state index contributed by atoms with van der Waals surface area (Å²) in [6.45, 7) is 0.585. The van der Waals surface area contributed by atoms with Crippen molar-refractivity contribution in [2.75, 3.05) is 12.4 Å². The van der Waals surface area contributed by atoms with E-state index in [9.17, 15) is 4.79 Å². The Labute approximate surface area is 122 Å². The molecule has 0 unspecified atom stereocenters. The molecule has 0 aliphatic rings. The van der Waals surface area contributed by atoms with Crippen LogP contribution in [0.2, 0.25) is 0 Å². The number of rotatable bonds is 4. The summed E-state index contributed by atoms with van der Waals surface area (Å²) in [5, 5.41) is 7.56. The van der Waals surface area contributed by atoms with E-state index < -0.39 is 0 Å². The van der Waals surface area contributed by atoms with Gasteiger partial charge >= 0.3 is 5.97 Å². The molecule has 21 heavy (non-hydrogen) atoms. The second-order valence-electron chi connectivity index (χ2n) is 4.59. The van der Waals surface area contributed by atoms with E-state index in [1.54, 1.807) is 6.07 Å². The molecule has 0 saturated heterocycles. The van der Waals surface area contributed by atoms with Gasteiger partial charge in [0.25, 0.3) is 0 Å². The molecule has 0 amide bonds. The van der Waals surface area contributed by atoms with Crippen molar-refractivity contribution in [3.63, 3.8) is 0 Å². The lowest BCUT2D eigenvalue weighted by Crippen LogP contribution is -2.08. The van der Waals surface area contributed by atoms with Gasteiger partial charge in [-0.25, -0.2) is 9.31 Å². The highest BCUT2D eigenvalue weighted by Crippen LogP contribution is 2.18. The Bertz CT molecular complexity index is 780. The van der Waals surface area contributed by atoms with Crippen LogP contribution < -0.4 is 5.32 Å². The van der Waals surface area contributed by atoms with Crippen molar-refractivity contribution >= 4 is 17.2 Å². The molecule has 3 rings (SSSR count).